The van der Waals surface area contributed by atoms with Crippen molar-refractivity contribution >= 4 is 17.4 Å². The number of nitrogens with two attached hydrogens (primary N) is 2. The summed E-state index contributed by atoms with van der Waals surface area (Å²) in [4.78, 5) is 22.0. The number of ketones is 1. The van der Waals surface area contributed by atoms with Crippen LogP contribution in [0.2, 0.25) is 0 Å². The molecule has 0 aromatic heterocycles. The third kappa shape index (κ3) is 2.71. The minimum Gasteiger partial charge on any atom is -0.506 e. The molecule has 1 aromatic rings. The average molecular weight is 224 g/mol. The molecule has 0 saturated heterocycles. The highest BCUT2D eigenvalue weighted by Gasteiger charge is 2.17. The van der Waals surface area contributed by atoms with Gasteiger partial charge in [0, 0.05) is 12.0 Å². The van der Waals surface area contributed by atoms with E-state index in [4.69, 9.17) is 16.6 Å². The molecule has 0 bridgehead atoms. The molecule has 1 atom stereocenters. The summed E-state index contributed by atoms with van der Waals surface area (Å²) in [6.45, 7) is 0. The molecule has 6 nitrogen and oxygen atoms in total. The number of aromatic hydroxyl groups is 1. The van der Waals surface area contributed by atoms with Crippen LogP contribution >= 0.6 is 0 Å². The van der Waals surface area contributed by atoms with Crippen molar-refractivity contribution in [3.8, 4) is 5.75 Å². The molecule has 0 aliphatic heterocycles. The van der Waals surface area contributed by atoms with Crippen molar-refractivity contribution in [2.75, 3.05) is 5.73 Å². The minimum absolute atomic E-state index is 0.152. The van der Waals surface area contributed by atoms with Gasteiger partial charge in [0.15, 0.2) is 5.78 Å². The first-order chi connectivity index (χ1) is 7.41. The standard InChI is InChI=1S/C10H12N2O4/c11-6-2-1-5(3-9(6)14)8(13)4-7(12)10(15)16/h1-3,7,14H,4,11-12H2,(H,15,16). The summed E-state index contributed by atoms with van der Waals surface area (Å²) in [5.74, 6) is -1.91. The molecule has 1 aromatic carbocycles. The van der Waals surface area contributed by atoms with E-state index in [1.807, 2.05) is 0 Å². The Morgan fingerprint density at radius 2 is 2.00 bits per heavy atom. The van der Waals surface area contributed by atoms with Crippen LogP contribution in [0.15, 0.2) is 18.2 Å². The Balaban J connectivity index is 2.81. The first-order valence-electron chi connectivity index (χ1n) is 4.52. The summed E-state index contributed by atoms with van der Waals surface area (Å²) in [7, 11) is 0. The predicted octanol–water partition coefficient (Wildman–Crippen LogP) is -0.0409. The number of anilines is 1. The topological polar surface area (TPSA) is 127 Å². The van der Waals surface area contributed by atoms with Gasteiger partial charge in [-0.25, -0.2) is 0 Å². The molecule has 0 fully saturated rings. The van der Waals surface area contributed by atoms with Crippen LogP contribution in [0.3, 0.4) is 0 Å². The van der Waals surface area contributed by atoms with E-state index in [0.29, 0.717) is 0 Å². The maximum absolute atomic E-state index is 11.5. The van der Waals surface area contributed by atoms with Crippen molar-refractivity contribution in [2.45, 2.75) is 12.5 Å². The fourth-order valence-corrected chi connectivity index (χ4v) is 1.12. The Labute approximate surface area is 91.5 Å². The number of rotatable bonds is 4. The van der Waals surface area contributed by atoms with Crippen LogP contribution in [0.25, 0.3) is 0 Å². The van der Waals surface area contributed by atoms with Gasteiger partial charge in [-0.1, -0.05) is 0 Å². The van der Waals surface area contributed by atoms with Crippen LogP contribution in [0, 0.1) is 0 Å². The summed E-state index contributed by atoms with van der Waals surface area (Å²) in [5, 5.41) is 17.8. The van der Waals surface area contributed by atoms with Gasteiger partial charge in [-0.15, -0.1) is 0 Å². The number of aliphatic carboxylic acids is 1. The van der Waals surface area contributed by atoms with Gasteiger partial charge in [-0.05, 0) is 18.2 Å². The lowest BCUT2D eigenvalue weighted by molar-refractivity contribution is -0.138. The molecule has 0 radical (unpaired) electrons. The highest BCUT2D eigenvalue weighted by molar-refractivity contribution is 5.99. The largest absolute Gasteiger partial charge is 0.506 e. The Bertz CT molecular complexity index is 431. The molecule has 0 spiro atoms. The van der Waals surface area contributed by atoms with Gasteiger partial charge in [-0.3, -0.25) is 9.59 Å². The van der Waals surface area contributed by atoms with E-state index in [9.17, 15) is 14.7 Å². The summed E-state index contributed by atoms with van der Waals surface area (Å²) in [6, 6.07) is 2.72. The number of phenols is 1. The second kappa shape index (κ2) is 4.63. The van der Waals surface area contributed by atoms with Crippen LogP contribution in [-0.4, -0.2) is 28.0 Å². The van der Waals surface area contributed by atoms with Crippen molar-refractivity contribution in [3.63, 3.8) is 0 Å². The first-order valence-corrected chi connectivity index (χ1v) is 4.52. The van der Waals surface area contributed by atoms with Crippen molar-refractivity contribution in [1.82, 2.24) is 0 Å². The normalized spacial score (nSPS) is 12.1. The summed E-state index contributed by atoms with van der Waals surface area (Å²) >= 11 is 0. The van der Waals surface area contributed by atoms with Crippen molar-refractivity contribution in [1.29, 1.82) is 0 Å². The molecular formula is C10H12N2O4. The number of carboxylic acids is 1. The second-order valence-corrected chi connectivity index (χ2v) is 3.35. The van der Waals surface area contributed by atoms with E-state index in [2.05, 4.69) is 0 Å². The number of carbonyl (C=O) groups is 2. The summed E-state index contributed by atoms with van der Waals surface area (Å²) in [5.41, 5.74) is 10.9. The smallest absolute Gasteiger partial charge is 0.320 e. The Kier molecular flexibility index (Phi) is 3.47. The molecule has 0 aliphatic carbocycles. The number of Topliss-reactive ketones (excluding diaryl/α,β-unsaturated/α-hetero) is 1. The third-order valence-electron chi connectivity index (χ3n) is 2.07. The number of carboxylic acid groups (broad SMARTS) is 1. The van der Waals surface area contributed by atoms with Gasteiger partial charge in [0.2, 0.25) is 0 Å². The van der Waals surface area contributed by atoms with Crippen LogP contribution < -0.4 is 11.5 Å². The zero-order valence-electron chi connectivity index (χ0n) is 8.38. The molecular weight excluding hydrogens is 212 g/mol. The second-order valence-electron chi connectivity index (χ2n) is 3.35. The molecule has 0 saturated carbocycles. The molecule has 0 heterocycles. The highest BCUT2D eigenvalue weighted by atomic mass is 16.4. The molecule has 16 heavy (non-hydrogen) atoms. The molecule has 6 N–H and O–H groups in total. The molecule has 1 rings (SSSR count). The van der Waals surface area contributed by atoms with Crippen LogP contribution in [0.1, 0.15) is 16.8 Å². The Hall–Kier alpha value is -2.08. The van der Waals surface area contributed by atoms with Crippen molar-refractivity contribution in [2.24, 2.45) is 5.73 Å². The Morgan fingerprint density at radius 1 is 1.38 bits per heavy atom. The van der Waals surface area contributed by atoms with Crippen molar-refractivity contribution in [3.05, 3.63) is 23.8 Å². The molecule has 6 heteroatoms. The lowest BCUT2D eigenvalue weighted by Gasteiger charge is -2.06. The number of phenolic OH excluding ortho intramolecular Hbond substituents is 1. The molecule has 0 amide bonds. The van der Waals surface area contributed by atoms with E-state index in [1.165, 1.54) is 18.2 Å². The quantitative estimate of drug-likeness (QED) is 0.323. The van der Waals surface area contributed by atoms with Crippen LogP contribution in [0.5, 0.6) is 5.75 Å². The van der Waals surface area contributed by atoms with Gasteiger partial charge in [0.25, 0.3) is 0 Å². The number of nitrogen functional groups attached to an aromatic ring is 1. The van der Waals surface area contributed by atoms with Crippen molar-refractivity contribution < 1.29 is 19.8 Å². The lowest BCUT2D eigenvalue weighted by atomic mass is 10.0. The first kappa shape index (κ1) is 12.0. The van der Waals surface area contributed by atoms with Crippen LogP contribution in [0.4, 0.5) is 5.69 Å². The van der Waals surface area contributed by atoms with Gasteiger partial charge < -0.3 is 21.7 Å². The fourth-order valence-electron chi connectivity index (χ4n) is 1.12. The fraction of sp³-hybridized carbons (Fsp3) is 0.200. The number of hydrogen-bond acceptors (Lipinski definition) is 5. The maximum atomic E-state index is 11.5. The van der Waals surface area contributed by atoms with E-state index in [1.54, 1.807) is 0 Å². The van der Waals surface area contributed by atoms with Gasteiger partial charge in [0.05, 0.1) is 5.69 Å². The van der Waals surface area contributed by atoms with Gasteiger partial charge in [0.1, 0.15) is 11.8 Å². The van der Waals surface area contributed by atoms with Crippen LogP contribution in [-0.2, 0) is 4.79 Å². The predicted molar refractivity (Wildman–Crippen MR) is 57.1 cm³/mol. The third-order valence-corrected chi connectivity index (χ3v) is 2.07. The monoisotopic (exact) mass is 224 g/mol. The van der Waals surface area contributed by atoms with E-state index in [0.717, 1.165) is 0 Å². The summed E-state index contributed by atoms with van der Waals surface area (Å²) < 4.78 is 0. The highest BCUT2D eigenvalue weighted by Crippen LogP contribution is 2.21. The Morgan fingerprint density at radius 3 is 2.50 bits per heavy atom. The average Bonchev–Trinajstić information content (AvgIpc) is 2.21. The molecule has 0 aliphatic rings. The maximum Gasteiger partial charge on any atom is 0.320 e. The zero-order chi connectivity index (χ0) is 12.3. The number of hydrogen-bond donors (Lipinski definition) is 4. The number of carbonyl (C=O) groups excluding carboxylic acids is 1. The lowest BCUT2D eigenvalue weighted by Crippen LogP contribution is -2.32. The summed E-state index contributed by atoms with van der Waals surface area (Å²) in [6.07, 6.45) is -0.321. The molecule has 1 unspecified atom stereocenters. The van der Waals surface area contributed by atoms with E-state index >= 15 is 0 Å². The van der Waals surface area contributed by atoms with E-state index < -0.39 is 17.8 Å². The molecule has 86 valence electrons. The minimum atomic E-state index is -1.24. The number of benzene rings is 1. The van der Waals surface area contributed by atoms with Gasteiger partial charge >= 0.3 is 5.97 Å². The SMILES string of the molecule is Nc1ccc(C(=O)CC(N)C(=O)O)cc1O. The zero-order valence-corrected chi connectivity index (χ0v) is 8.38. The van der Waals surface area contributed by atoms with Gasteiger partial charge in [-0.2, -0.15) is 0 Å². The van der Waals surface area contributed by atoms with E-state index in [-0.39, 0.29) is 23.4 Å².